The predicted octanol–water partition coefficient (Wildman–Crippen LogP) is 2.95. The first-order chi connectivity index (χ1) is 8.97. The lowest BCUT2D eigenvalue weighted by Crippen LogP contribution is -2.10. The van der Waals surface area contributed by atoms with Crippen molar-refractivity contribution in [2.75, 3.05) is 5.73 Å². The third kappa shape index (κ3) is 2.95. The number of ether oxygens (including phenoxy) is 1. The summed E-state index contributed by atoms with van der Waals surface area (Å²) >= 11 is 5.65. The topological polar surface area (TPSA) is 78.3 Å². The number of hydrogen-bond donors (Lipinski definition) is 2. The van der Waals surface area contributed by atoms with Gasteiger partial charge in [-0.3, -0.25) is 4.79 Å². The first kappa shape index (κ1) is 13.2. The van der Waals surface area contributed by atoms with Crippen molar-refractivity contribution in [2.45, 2.75) is 0 Å². The summed E-state index contributed by atoms with van der Waals surface area (Å²) in [6.45, 7) is 0. The van der Waals surface area contributed by atoms with E-state index in [0.717, 1.165) is 6.07 Å². The van der Waals surface area contributed by atoms with Gasteiger partial charge in [-0.2, -0.15) is 0 Å². The van der Waals surface area contributed by atoms with Crippen molar-refractivity contribution in [2.24, 2.45) is 5.73 Å². The Kier molecular flexibility index (Phi) is 3.57. The van der Waals surface area contributed by atoms with Gasteiger partial charge < -0.3 is 16.2 Å². The normalized spacial score (nSPS) is 10.2. The molecule has 0 saturated carbocycles. The quantitative estimate of drug-likeness (QED) is 0.849. The van der Waals surface area contributed by atoms with Gasteiger partial charge in [0.25, 0.3) is 0 Å². The van der Waals surface area contributed by atoms with Crippen molar-refractivity contribution in [1.29, 1.82) is 0 Å². The van der Waals surface area contributed by atoms with Crippen LogP contribution in [0.4, 0.5) is 10.1 Å². The van der Waals surface area contributed by atoms with E-state index in [1.165, 1.54) is 12.1 Å². The van der Waals surface area contributed by atoms with Crippen LogP contribution in [0, 0.1) is 5.82 Å². The molecular weight excluding hydrogens is 271 g/mol. The second kappa shape index (κ2) is 5.16. The molecule has 6 heteroatoms. The van der Waals surface area contributed by atoms with Crippen LogP contribution in [-0.4, -0.2) is 5.91 Å². The van der Waals surface area contributed by atoms with Gasteiger partial charge in [-0.05, 0) is 18.2 Å². The van der Waals surface area contributed by atoms with E-state index in [2.05, 4.69) is 0 Å². The van der Waals surface area contributed by atoms with E-state index in [9.17, 15) is 9.18 Å². The number of nitrogens with two attached hydrogens (primary N) is 2. The highest BCUT2D eigenvalue weighted by Crippen LogP contribution is 2.32. The maximum Gasteiger partial charge on any atom is 0.248 e. The van der Waals surface area contributed by atoms with Gasteiger partial charge in [0.2, 0.25) is 5.91 Å². The lowest BCUT2D eigenvalue weighted by Gasteiger charge is -2.10. The number of rotatable bonds is 3. The fraction of sp³-hybridized carbons (Fsp3) is 0. The van der Waals surface area contributed by atoms with E-state index in [1.54, 1.807) is 18.2 Å². The Bertz CT molecular complexity index is 647. The standard InChI is InChI=1S/C13H10ClFN2O2/c14-9-5-12(11(16)6-10(9)15)19-8-3-1-2-7(4-8)13(17)18/h1-6H,16H2,(H2,17,18). The minimum absolute atomic E-state index is 0.102. The van der Waals surface area contributed by atoms with Crippen molar-refractivity contribution in [3.05, 3.63) is 52.8 Å². The van der Waals surface area contributed by atoms with Gasteiger partial charge in [0, 0.05) is 17.7 Å². The van der Waals surface area contributed by atoms with Crippen molar-refractivity contribution in [3.8, 4) is 11.5 Å². The van der Waals surface area contributed by atoms with Gasteiger partial charge in [0.15, 0.2) is 5.75 Å². The number of benzene rings is 2. The minimum atomic E-state index is -0.627. The molecule has 1 amide bonds. The number of amides is 1. The molecule has 4 N–H and O–H groups in total. The van der Waals surface area contributed by atoms with Crippen molar-refractivity contribution >= 4 is 23.2 Å². The van der Waals surface area contributed by atoms with E-state index in [4.69, 9.17) is 27.8 Å². The van der Waals surface area contributed by atoms with Gasteiger partial charge in [-0.15, -0.1) is 0 Å². The summed E-state index contributed by atoms with van der Waals surface area (Å²) in [6, 6.07) is 8.56. The molecule has 2 aromatic rings. The van der Waals surface area contributed by atoms with Crippen LogP contribution in [0.1, 0.15) is 10.4 Å². The molecule has 0 aliphatic heterocycles. The summed E-state index contributed by atoms with van der Waals surface area (Å²) in [5.41, 5.74) is 11.2. The first-order valence-electron chi connectivity index (χ1n) is 5.29. The van der Waals surface area contributed by atoms with Crippen LogP contribution in [0.25, 0.3) is 0 Å². The Morgan fingerprint density at radius 2 is 2.00 bits per heavy atom. The predicted molar refractivity (Wildman–Crippen MR) is 70.9 cm³/mol. The second-order valence-corrected chi connectivity index (χ2v) is 4.21. The Morgan fingerprint density at radius 3 is 2.68 bits per heavy atom. The van der Waals surface area contributed by atoms with Crippen LogP contribution in [0.5, 0.6) is 11.5 Å². The zero-order chi connectivity index (χ0) is 14.0. The monoisotopic (exact) mass is 280 g/mol. The molecule has 19 heavy (non-hydrogen) atoms. The van der Waals surface area contributed by atoms with E-state index in [-0.39, 0.29) is 16.5 Å². The van der Waals surface area contributed by atoms with Crippen LogP contribution < -0.4 is 16.2 Å². The molecule has 98 valence electrons. The van der Waals surface area contributed by atoms with E-state index in [0.29, 0.717) is 11.3 Å². The highest BCUT2D eigenvalue weighted by molar-refractivity contribution is 6.31. The molecule has 0 aromatic heterocycles. The van der Waals surface area contributed by atoms with Gasteiger partial charge in [0.1, 0.15) is 11.6 Å². The average molecular weight is 281 g/mol. The number of hydrogen-bond acceptors (Lipinski definition) is 3. The smallest absolute Gasteiger partial charge is 0.248 e. The third-order valence-corrected chi connectivity index (χ3v) is 2.69. The molecule has 0 unspecified atom stereocenters. The number of primary amides is 1. The highest BCUT2D eigenvalue weighted by Gasteiger charge is 2.09. The second-order valence-electron chi connectivity index (χ2n) is 3.80. The molecule has 0 aliphatic rings. The molecule has 0 fully saturated rings. The Morgan fingerprint density at radius 1 is 1.26 bits per heavy atom. The molecule has 0 spiro atoms. The van der Waals surface area contributed by atoms with Crippen LogP contribution >= 0.6 is 11.6 Å². The van der Waals surface area contributed by atoms with Gasteiger partial charge in [-0.25, -0.2) is 4.39 Å². The fourth-order valence-electron chi connectivity index (χ4n) is 1.47. The highest BCUT2D eigenvalue weighted by atomic mass is 35.5. The first-order valence-corrected chi connectivity index (χ1v) is 5.67. The molecule has 0 heterocycles. The zero-order valence-corrected chi connectivity index (χ0v) is 10.4. The van der Waals surface area contributed by atoms with Crippen LogP contribution in [-0.2, 0) is 0 Å². The number of nitrogen functional groups attached to an aromatic ring is 1. The summed E-state index contributed by atoms with van der Waals surface area (Å²) in [7, 11) is 0. The van der Waals surface area contributed by atoms with Gasteiger partial charge in [0.05, 0.1) is 10.7 Å². The van der Waals surface area contributed by atoms with Crippen LogP contribution in [0.15, 0.2) is 36.4 Å². The molecule has 2 aromatic carbocycles. The fourth-order valence-corrected chi connectivity index (χ4v) is 1.63. The van der Waals surface area contributed by atoms with Crippen LogP contribution in [0.2, 0.25) is 5.02 Å². The van der Waals surface area contributed by atoms with E-state index < -0.39 is 11.7 Å². The average Bonchev–Trinajstić information content (AvgIpc) is 2.36. The summed E-state index contributed by atoms with van der Waals surface area (Å²) in [5, 5.41) is -0.102. The number of halogens is 2. The summed E-state index contributed by atoms with van der Waals surface area (Å²) in [6.07, 6.45) is 0. The number of carbonyl (C=O) groups is 1. The SMILES string of the molecule is NC(=O)c1cccc(Oc2cc(Cl)c(F)cc2N)c1. The molecule has 0 bridgehead atoms. The minimum Gasteiger partial charge on any atom is -0.455 e. The lowest BCUT2D eigenvalue weighted by atomic mass is 10.2. The maximum absolute atomic E-state index is 13.1. The molecule has 2 rings (SSSR count). The lowest BCUT2D eigenvalue weighted by molar-refractivity contribution is 0.1000. The summed E-state index contributed by atoms with van der Waals surface area (Å²) in [5.74, 6) is -0.647. The summed E-state index contributed by atoms with van der Waals surface area (Å²) < 4.78 is 18.6. The molecule has 0 atom stereocenters. The van der Waals surface area contributed by atoms with E-state index >= 15 is 0 Å². The number of carbonyl (C=O) groups excluding carboxylic acids is 1. The number of anilines is 1. The molecule has 0 radical (unpaired) electrons. The Balaban J connectivity index is 2.33. The molecule has 0 saturated heterocycles. The van der Waals surface area contributed by atoms with Crippen molar-refractivity contribution in [1.82, 2.24) is 0 Å². The largest absolute Gasteiger partial charge is 0.455 e. The van der Waals surface area contributed by atoms with Gasteiger partial charge in [-0.1, -0.05) is 17.7 Å². The third-order valence-electron chi connectivity index (χ3n) is 2.40. The zero-order valence-electron chi connectivity index (χ0n) is 9.69. The molecular formula is C13H10ClFN2O2. The summed E-state index contributed by atoms with van der Waals surface area (Å²) in [4.78, 5) is 11.0. The molecule has 0 aliphatic carbocycles. The Labute approximate surface area is 113 Å². The van der Waals surface area contributed by atoms with Crippen LogP contribution in [0.3, 0.4) is 0 Å². The van der Waals surface area contributed by atoms with Crippen molar-refractivity contribution < 1.29 is 13.9 Å². The molecule has 4 nitrogen and oxygen atoms in total. The Hall–Kier alpha value is -2.27. The van der Waals surface area contributed by atoms with Crippen molar-refractivity contribution in [3.63, 3.8) is 0 Å². The maximum atomic E-state index is 13.1. The van der Waals surface area contributed by atoms with E-state index in [1.807, 2.05) is 0 Å². The van der Waals surface area contributed by atoms with Gasteiger partial charge >= 0.3 is 0 Å².